The Hall–Kier alpha value is -3.85. The molecule has 1 aliphatic heterocycles. The molecule has 0 atom stereocenters. The molecule has 1 aromatic carbocycles. The zero-order valence-electron chi connectivity index (χ0n) is 20.4. The van der Waals surface area contributed by atoms with Crippen LogP contribution in [0.4, 0.5) is 5.69 Å². The van der Waals surface area contributed by atoms with Crippen LogP contribution < -0.4 is 4.90 Å². The monoisotopic (exact) mass is 467 g/mol. The Morgan fingerprint density at radius 2 is 1.83 bits per heavy atom. The van der Waals surface area contributed by atoms with Gasteiger partial charge in [-0.1, -0.05) is 13.0 Å². The Balaban J connectivity index is 1.52. The predicted molar refractivity (Wildman–Crippen MR) is 137 cm³/mol. The van der Waals surface area contributed by atoms with Crippen molar-refractivity contribution >= 4 is 22.4 Å². The first-order chi connectivity index (χ1) is 17.1. The van der Waals surface area contributed by atoms with Crippen LogP contribution >= 0.6 is 0 Å². The molecular weight excluding hydrogens is 438 g/mol. The number of aryl methyl sites for hydroxylation is 2. The number of aromatic nitrogens is 7. The number of likely N-dealkylation sites (N-methyl/N-ethyl adjacent to an activating group) is 1. The van der Waals surface area contributed by atoms with E-state index in [4.69, 9.17) is 9.97 Å². The average Bonchev–Trinajstić information content (AvgIpc) is 3.44. The normalized spacial score (nSPS) is 14.9. The third-order valence-corrected chi connectivity index (χ3v) is 6.84. The Bertz CT molecular complexity index is 1490. The van der Waals surface area contributed by atoms with Crippen LogP contribution in [0.3, 0.4) is 0 Å². The zero-order valence-corrected chi connectivity index (χ0v) is 20.4. The summed E-state index contributed by atoms with van der Waals surface area (Å²) in [7, 11) is 2.18. The maximum Gasteiger partial charge on any atom is 0.182 e. The Morgan fingerprint density at radius 1 is 0.971 bits per heavy atom. The Morgan fingerprint density at radius 3 is 2.60 bits per heavy atom. The second-order valence-corrected chi connectivity index (χ2v) is 9.17. The van der Waals surface area contributed by atoms with E-state index in [1.54, 1.807) is 0 Å². The van der Waals surface area contributed by atoms with Crippen molar-refractivity contribution in [2.75, 3.05) is 38.1 Å². The van der Waals surface area contributed by atoms with Crippen molar-refractivity contribution in [3.63, 3.8) is 0 Å². The van der Waals surface area contributed by atoms with E-state index in [1.807, 2.05) is 35.9 Å². The van der Waals surface area contributed by atoms with Crippen LogP contribution in [0.15, 0.2) is 48.8 Å². The molecule has 0 radical (unpaired) electrons. The summed E-state index contributed by atoms with van der Waals surface area (Å²) in [5, 5.41) is 8.60. The van der Waals surface area contributed by atoms with Crippen LogP contribution in [-0.2, 0) is 13.0 Å². The third kappa shape index (κ3) is 3.91. The van der Waals surface area contributed by atoms with Crippen LogP contribution in [0.25, 0.3) is 28.2 Å². The molecule has 1 saturated heterocycles. The first-order valence-electron chi connectivity index (χ1n) is 12.2. The van der Waals surface area contributed by atoms with Crippen molar-refractivity contribution < 1.29 is 0 Å². The minimum absolute atomic E-state index is 0.612. The second kappa shape index (κ2) is 8.74. The van der Waals surface area contributed by atoms with Gasteiger partial charge in [0.05, 0.1) is 29.0 Å². The largest absolute Gasteiger partial charge is 0.369 e. The van der Waals surface area contributed by atoms with E-state index < -0.39 is 0 Å². The first kappa shape index (κ1) is 21.7. The smallest absolute Gasteiger partial charge is 0.182 e. The summed E-state index contributed by atoms with van der Waals surface area (Å²) in [6, 6.07) is 12.6. The molecule has 0 bridgehead atoms. The van der Waals surface area contributed by atoms with Gasteiger partial charge in [0.15, 0.2) is 11.5 Å². The summed E-state index contributed by atoms with van der Waals surface area (Å²) in [5.41, 5.74) is 6.78. The number of fused-ring (bicyclic) bond motifs is 2. The lowest BCUT2D eigenvalue weighted by atomic mass is 10.2. The van der Waals surface area contributed by atoms with Crippen LogP contribution in [0, 0.1) is 6.92 Å². The van der Waals surface area contributed by atoms with Gasteiger partial charge in [0.25, 0.3) is 0 Å². The zero-order chi connectivity index (χ0) is 23.9. The highest BCUT2D eigenvalue weighted by Gasteiger charge is 2.20. The molecule has 0 amide bonds. The molecule has 5 heterocycles. The summed E-state index contributed by atoms with van der Waals surface area (Å²) in [6.45, 7) is 8.85. The van der Waals surface area contributed by atoms with Crippen molar-refractivity contribution in [3.8, 4) is 11.5 Å². The topological polar surface area (TPSA) is 80.3 Å². The number of benzene rings is 1. The summed E-state index contributed by atoms with van der Waals surface area (Å²) in [5.74, 6) is 1.66. The molecule has 178 valence electrons. The van der Waals surface area contributed by atoms with Crippen LogP contribution in [0.2, 0.25) is 0 Å². The van der Waals surface area contributed by atoms with E-state index in [0.717, 1.165) is 78.0 Å². The molecule has 35 heavy (non-hydrogen) atoms. The number of pyridine rings is 1. The predicted octanol–water partition coefficient (Wildman–Crippen LogP) is 3.21. The number of hydrogen-bond donors (Lipinski definition) is 0. The summed E-state index contributed by atoms with van der Waals surface area (Å²) in [6.07, 6.45) is 4.61. The van der Waals surface area contributed by atoms with Gasteiger partial charge in [0, 0.05) is 44.3 Å². The summed E-state index contributed by atoms with van der Waals surface area (Å²) in [4.78, 5) is 19.5. The van der Waals surface area contributed by atoms with E-state index in [2.05, 4.69) is 67.8 Å². The number of piperazine rings is 1. The summed E-state index contributed by atoms with van der Waals surface area (Å²) < 4.78 is 4.26. The number of anilines is 1. The molecule has 0 saturated carbocycles. The highest BCUT2D eigenvalue weighted by molar-refractivity contribution is 5.84. The molecule has 0 aliphatic carbocycles. The molecule has 9 heteroatoms. The van der Waals surface area contributed by atoms with E-state index in [1.165, 1.54) is 5.69 Å². The molecule has 9 nitrogen and oxygen atoms in total. The molecule has 5 aromatic rings. The summed E-state index contributed by atoms with van der Waals surface area (Å²) >= 11 is 0. The quantitative estimate of drug-likeness (QED) is 0.393. The SMILES string of the molecule is CCc1nc(-c2nc3ccc(N4CCN(C)CC4)cc3n2Cc2ccccn2)cn2c(C)nnc12. The van der Waals surface area contributed by atoms with Gasteiger partial charge in [-0.05, 0) is 50.7 Å². The maximum absolute atomic E-state index is 5.07. The van der Waals surface area contributed by atoms with Crippen LogP contribution in [0.1, 0.15) is 24.1 Å². The molecule has 4 aromatic heterocycles. The van der Waals surface area contributed by atoms with Gasteiger partial charge in [-0.15, -0.1) is 10.2 Å². The maximum atomic E-state index is 5.07. The molecule has 0 spiro atoms. The molecular formula is C26H29N9. The molecule has 1 fully saturated rings. The number of imidazole rings is 1. The van der Waals surface area contributed by atoms with Crippen molar-refractivity contribution in [2.24, 2.45) is 0 Å². The fraction of sp³-hybridized carbons (Fsp3) is 0.346. The lowest BCUT2D eigenvalue weighted by molar-refractivity contribution is 0.313. The van der Waals surface area contributed by atoms with Gasteiger partial charge in [-0.25, -0.2) is 9.97 Å². The van der Waals surface area contributed by atoms with Gasteiger partial charge in [-0.3, -0.25) is 9.38 Å². The number of rotatable bonds is 5. The van der Waals surface area contributed by atoms with E-state index in [9.17, 15) is 0 Å². The lowest BCUT2D eigenvalue weighted by Crippen LogP contribution is -2.44. The highest BCUT2D eigenvalue weighted by atomic mass is 15.3. The fourth-order valence-electron chi connectivity index (χ4n) is 4.79. The molecule has 6 rings (SSSR count). The van der Waals surface area contributed by atoms with Gasteiger partial charge < -0.3 is 14.4 Å². The Labute approximate surface area is 204 Å². The molecule has 0 unspecified atom stereocenters. The van der Waals surface area contributed by atoms with E-state index in [-0.39, 0.29) is 0 Å². The van der Waals surface area contributed by atoms with Crippen molar-refractivity contribution in [2.45, 2.75) is 26.8 Å². The minimum atomic E-state index is 0.612. The minimum Gasteiger partial charge on any atom is -0.369 e. The van der Waals surface area contributed by atoms with Crippen molar-refractivity contribution in [3.05, 3.63) is 66.0 Å². The van der Waals surface area contributed by atoms with Gasteiger partial charge in [0.1, 0.15) is 11.5 Å². The first-order valence-corrected chi connectivity index (χ1v) is 12.2. The highest BCUT2D eigenvalue weighted by Crippen LogP contribution is 2.29. The third-order valence-electron chi connectivity index (χ3n) is 6.84. The Kier molecular flexibility index (Phi) is 5.41. The molecule has 1 aliphatic rings. The van der Waals surface area contributed by atoms with Crippen molar-refractivity contribution in [1.29, 1.82) is 0 Å². The van der Waals surface area contributed by atoms with Gasteiger partial charge in [0.2, 0.25) is 0 Å². The lowest BCUT2D eigenvalue weighted by Gasteiger charge is -2.34. The van der Waals surface area contributed by atoms with E-state index >= 15 is 0 Å². The number of nitrogens with zero attached hydrogens (tertiary/aromatic N) is 9. The number of hydrogen-bond acceptors (Lipinski definition) is 7. The average molecular weight is 468 g/mol. The fourth-order valence-corrected chi connectivity index (χ4v) is 4.79. The van der Waals surface area contributed by atoms with Gasteiger partial charge >= 0.3 is 0 Å². The second-order valence-electron chi connectivity index (χ2n) is 9.17. The van der Waals surface area contributed by atoms with E-state index in [0.29, 0.717) is 6.54 Å². The van der Waals surface area contributed by atoms with Crippen molar-refractivity contribution in [1.82, 2.24) is 39.0 Å². The van der Waals surface area contributed by atoms with Crippen LogP contribution in [0.5, 0.6) is 0 Å². The van der Waals surface area contributed by atoms with Crippen LogP contribution in [-0.4, -0.2) is 72.2 Å². The van der Waals surface area contributed by atoms with Gasteiger partial charge in [-0.2, -0.15) is 0 Å². The molecule has 0 N–H and O–H groups in total. The standard InChI is InChI=1S/C26H29N9/c1-4-21-26-31-30-18(2)34(26)17-23(28-21)25-29-22-9-8-20(33-13-11-32(3)12-14-33)15-24(22)35(25)16-19-7-5-6-10-27-19/h5-10,15,17H,4,11-14,16H2,1-3H3.